The van der Waals surface area contributed by atoms with Crippen molar-refractivity contribution in [3.63, 3.8) is 0 Å². The molecule has 0 heterocycles. The Kier molecular flexibility index (Phi) is 6.84. The number of halogens is 6. The molecule has 4 nitrogen and oxygen atoms in total. The fourth-order valence-electron chi connectivity index (χ4n) is 4.06. The van der Waals surface area contributed by atoms with E-state index in [0.717, 1.165) is 24.3 Å². The summed E-state index contributed by atoms with van der Waals surface area (Å²) in [6.07, 6.45) is -11.5. The number of aromatic hydroxyl groups is 2. The van der Waals surface area contributed by atoms with E-state index in [1.54, 1.807) is 0 Å². The van der Waals surface area contributed by atoms with E-state index in [1.165, 1.54) is 48.5 Å². The third-order valence-corrected chi connectivity index (χ3v) is 5.92. The Morgan fingerprint density at radius 1 is 0.526 bits per heavy atom. The summed E-state index contributed by atoms with van der Waals surface area (Å²) < 4.78 is 90.6. The molecule has 0 radical (unpaired) electrons. The van der Waals surface area contributed by atoms with Gasteiger partial charge in [0, 0.05) is 11.1 Å². The van der Waals surface area contributed by atoms with Gasteiger partial charge in [-0.3, -0.25) is 4.79 Å². The molecule has 10 heteroatoms. The number of ether oxygens (including phenoxy) is 1. The summed E-state index contributed by atoms with van der Waals surface area (Å²) in [5.74, 6) is -0.647. The van der Waals surface area contributed by atoms with E-state index in [9.17, 15) is 41.4 Å². The van der Waals surface area contributed by atoms with Crippen LogP contribution in [0.3, 0.4) is 0 Å². The normalized spacial score (nSPS) is 12.3. The molecule has 0 atom stereocenters. The van der Waals surface area contributed by atoms with Crippen LogP contribution >= 0.6 is 0 Å². The van der Waals surface area contributed by atoms with Crippen LogP contribution in [-0.2, 0) is 5.41 Å². The van der Waals surface area contributed by atoms with Gasteiger partial charge in [-0.15, -0.1) is 0 Å². The van der Waals surface area contributed by atoms with Crippen molar-refractivity contribution in [2.75, 3.05) is 0 Å². The molecule has 0 aliphatic rings. The zero-order valence-corrected chi connectivity index (χ0v) is 19.2. The quantitative estimate of drug-likeness (QED) is 0.199. The van der Waals surface area contributed by atoms with E-state index in [1.807, 2.05) is 0 Å². The molecule has 0 saturated heterocycles. The van der Waals surface area contributed by atoms with Crippen molar-refractivity contribution in [3.8, 4) is 23.0 Å². The third kappa shape index (κ3) is 4.89. The van der Waals surface area contributed by atoms with E-state index >= 15 is 0 Å². The lowest BCUT2D eigenvalue weighted by atomic mass is 9.73. The third-order valence-electron chi connectivity index (χ3n) is 5.92. The van der Waals surface area contributed by atoms with Crippen LogP contribution in [0.5, 0.6) is 23.0 Å². The first-order valence-electron chi connectivity index (χ1n) is 11.0. The lowest BCUT2D eigenvalue weighted by Crippen LogP contribution is -2.54. The lowest BCUT2D eigenvalue weighted by molar-refractivity contribution is -0.288. The summed E-state index contributed by atoms with van der Waals surface area (Å²) in [7, 11) is 0. The Morgan fingerprint density at radius 3 is 1.24 bits per heavy atom. The van der Waals surface area contributed by atoms with E-state index in [2.05, 4.69) is 0 Å². The van der Waals surface area contributed by atoms with E-state index in [4.69, 9.17) is 4.74 Å². The van der Waals surface area contributed by atoms with Crippen LogP contribution in [0.2, 0.25) is 0 Å². The van der Waals surface area contributed by atoms with Crippen molar-refractivity contribution >= 4 is 5.78 Å². The Hall–Kier alpha value is -4.47. The molecule has 0 unspecified atom stereocenters. The number of carbonyl (C=O) groups is 1. The molecule has 0 bridgehead atoms. The Labute approximate surface area is 212 Å². The highest BCUT2D eigenvalue weighted by Crippen LogP contribution is 2.56. The van der Waals surface area contributed by atoms with Crippen LogP contribution < -0.4 is 4.74 Å². The number of hydrogen-bond donors (Lipinski definition) is 2. The van der Waals surface area contributed by atoms with Gasteiger partial charge in [0.25, 0.3) is 0 Å². The van der Waals surface area contributed by atoms with Crippen LogP contribution in [0.25, 0.3) is 0 Å². The Balaban J connectivity index is 1.62. The summed E-state index contributed by atoms with van der Waals surface area (Å²) >= 11 is 0. The van der Waals surface area contributed by atoms with Crippen LogP contribution in [0.4, 0.5) is 26.3 Å². The molecule has 0 aromatic heterocycles. The van der Waals surface area contributed by atoms with Crippen molar-refractivity contribution in [2.24, 2.45) is 0 Å². The molecule has 0 aliphatic carbocycles. The molecule has 0 aliphatic heterocycles. The first kappa shape index (κ1) is 26.6. The predicted octanol–water partition coefficient (Wildman–Crippen LogP) is 7.53. The summed E-state index contributed by atoms with van der Waals surface area (Å²) in [5.41, 5.74) is -5.89. The zero-order chi connectivity index (χ0) is 27.7. The molecule has 4 aromatic rings. The number of alkyl halides is 6. The molecule has 4 rings (SSSR count). The number of phenols is 2. The van der Waals surface area contributed by atoms with Gasteiger partial charge in [-0.05, 0) is 83.9 Å². The second kappa shape index (κ2) is 9.77. The number of rotatable bonds is 6. The number of hydrogen-bond acceptors (Lipinski definition) is 4. The molecular weight excluding hydrogens is 514 g/mol. The molecule has 0 amide bonds. The van der Waals surface area contributed by atoms with Gasteiger partial charge in [0.2, 0.25) is 5.41 Å². The van der Waals surface area contributed by atoms with E-state index < -0.39 is 34.6 Å². The highest BCUT2D eigenvalue weighted by atomic mass is 19.4. The largest absolute Gasteiger partial charge is 0.508 e. The minimum atomic E-state index is -5.76. The van der Waals surface area contributed by atoms with Crippen molar-refractivity contribution in [1.29, 1.82) is 0 Å². The van der Waals surface area contributed by atoms with Crippen LogP contribution in [0.1, 0.15) is 27.0 Å². The molecular formula is C28H18F6O4. The molecule has 196 valence electrons. The first-order valence-corrected chi connectivity index (χ1v) is 11.0. The standard InChI is InChI=1S/C28H18F6O4/c29-27(30,31)26(28(32,33)34,19-5-11-22(36)12-6-19)20-7-15-24(16-8-20)38-23-13-3-18(4-14-23)25(37)17-1-9-21(35)10-2-17/h1-16,35-36H. The highest BCUT2D eigenvalue weighted by molar-refractivity contribution is 6.09. The van der Waals surface area contributed by atoms with E-state index in [-0.39, 0.29) is 23.0 Å². The van der Waals surface area contributed by atoms with Gasteiger partial charge in [-0.25, -0.2) is 0 Å². The fourth-order valence-corrected chi connectivity index (χ4v) is 4.06. The van der Waals surface area contributed by atoms with Gasteiger partial charge >= 0.3 is 12.4 Å². The average Bonchev–Trinajstić information content (AvgIpc) is 2.85. The SMILES string of the molecule is O=C(c1ccc(O)cc1)c1ccc(Oc2ccc(C(c3ccc(O)cc3)(C(F)(F)F)C(F)(F)F)cc2)cc1. The molecule has 0 fully saturated rings. The maximum absolute atomic E-state index is 14.2. The van der Waals surface area contributed by atoms with Crippen molar-refractivity contribution < 1.29 is 46.1 Å². The van der Waals surface area contributed by atoms with Crippen molar-refractivity contribution in [1.82, 2.24) is 0 Å². The maximum atomic E-state index is 14.2. The van der Waals surface area contributed by atoms with Crippen LogP contribution in [-0.4, -0.2) is 28.3 Å². The van der Waals surface area contributed by atoms with E-state index in [0.29, 0.717) is 35.4 Å². The predicted molar refractivity (Wildman–Crippen MR) is 125 cm³/mol. The Morgan fingerprint density at radius 2 is 0.842 bits per heavy atom. The molecule has 38 heavy (non-hydrogen) atoms. The second-order valence-corrected chi connectivity index (χ2v) is 8.32. The van der Waals surface area contributed by atoms with Gasteiger partial charge in [-0.2, -0.15) is 26.3 Å². The maximum Gasteiger partial charge on any atom is 0.411 e. The molecule has 0 saturated carbocycles. The Bertz CT molecular complexity index is 1390. The molecule has 0 spiro atoms. The topological polar surface area (TPSA) is 66.8 Å². The summed E-state index contributed by atoms with van der Waals surface area (Å²) in [4.78, 5) is 12.5. The van der Waals surface area contributed by atoms with Gasteiger partial charge in [0.1, 0.15) is 23.0 Å². The minimum Gasteiger partial charge on any atom is -0.508 e. The fraction of sp³-hybridized carbons (Fsp3) is 0.107. The highest BCUT2D eigenvalue weighted by Gasteiger charge is 2.72. The number of benzene rings is 4. The zero-order valence-electron chi connectivity index (χ0n) is 19.2. The van der Waals surface area contributed by atoms with Gasteiger partial charge in [-0.1, -0.05) is 24.3 Å². The van der Waals surface area contributed by atoms with Crippen LogP contribution in [0.15, 0.2) is 97.1 Å². The van der Waals surface area contributed by atoms with Crippen molar-refractivity contribution in [2.45, 2.75) is 17.8 Å². The average molecular weight is 532 g/mol. The summed E-state index contributed by atoms with van der Waals surface area (Å²) in [6.45, 7) is 0. The van der Waals surface area contributed by atoms with Gasteiger partial charge < -0.3 is 14.9 Å². The monoisotopic (exact) mass is 532 g/mol. The number of phenolic OH excluding ortho intramolecular Hbond substituents is 2. The second-order valence-electron chi connectivity index (χ2n) is 8.32. The summed E-state index contributed by atoms with van der Waals surface area (Å²) in [6, 6.07) is 17.4. The molecule has 4 aromatic carbocycles. The van der Waals surface area contributed by atoms with Crippen molar-refractivity contribution in [3.05, 3.63) is 119 Å². The minimum absolute atomic E-state index is 0.00194. The molecule has 2 N–H and O–H groups in total. The van der Waals surface area contributed by atoms with Gasteiger partial charge in [0.05, 0.1) is 0 Å². The summed E-state index contributed by atoms with van der Waals surface area (Å²) in [5, 5.41) is 18.7. The van der Waals surface area contributed by atoms with Crippen LogP contribution in [0, 0.1) is 0 Å². The van der Waals surface area contributed by atoms with Gasteiger partial charge in [0.15, 0.2) is 5.78 Å². The first-order chi connectivity index (χ1) is 17.8. The lowest BCUT2D eigenvalue weighted by Gasteiger charge is -2.38. The number of carbonyl (C=O) groups excluding carboxylic acids is 1. The number of ketones is 1. The smallest absolute Gasteiger partial charge is 0.411 e.